The third-order valence-corrected chi connectivity index (χ3v) is 10.8. The molecule has 0 bridgehead atoms. The van der Waals surface area contributed by atoms with Gasteiger partial charge in [0.1, 0.15) is 16.2 Å². The number of nitrogens with zero attached hydrogens (tertiary/aromatic N) is 5. The average molecular weight is 599 g/mol. The number of sulfone groups is 1. The number of thiazole rings is 1. The predicted molar refractivity (Wildman–Crippen MR) is 158 cm³/mol. The van der Waals surface area contributed by atoms with Crippen LogP contribution in [0.2, 0.25) is 0 Å². The first-order valence-electron chi connectivity index (χ1n) is 14.0. The summed E-state index contributed by atoms with van der Waals surface area (Å²) in [7, 11) is -1.31. The highest BCUT2D eigenvalue weighted by Gasteiger charge is 2.37. The van der Waals surface area contributed by atoms with E-state index in [-0.39, 0.29) is 22.0 Å². The van der Waals surface area contributed by atoms with Crippen molar-refractivity contribution in [3.8, 4) is 0 Å². The number of nitrogens with one attached hydrogen (secondary N) is 1. The number of carbonyl (C=O) groups is 1. The first kappa shape index (κ1) is 28.0. The van der Waals surface area contributed by atoms with Gasteiger partial charge in [0.15, 0.2) is 26.8 Å². The zero-order valence-electron chi connectivity index (χ0n) is 23.0. The smallest absolute Gasteiger partial charge is 0.280 e. The fourth-order valence-corrected chi connectivity index (χ4v) is 7.45. The van der Waals surface area contributed by atoms with Gasteiger partial charge in [0.2, 0.25) is 0 Å². The van der Waals surface area contributed by atoms with E-state index >= 15 is 0 Å². The van der Waals surface area contributed by atoms with Gasteiger partial charge >= 0.3 is 0 Å². The minimum Gasteiger partial charge on any atom is -0.389 e. The van der Waals surface area contributed by atoms with Gasteiger partial charge in [-0.05, 0) is 63.0 Å². The van der Waals surface area contributed by atoms with Crippen molar-refractivity contribution in [1.29, 1.82) is 0 Å². The molecule has 11 nitrogen and oxygen atoms in total. The zero-order chi connectivity index (χ0) is 28.4. The van der Waals surface area contributed by atoms with Crippen LogP contribution < -0.4 is 10.2 Å². The lowest BCUT2D eigenvalue weighted by atomic mass is 10.1. The Morgan fingerprint density at radius 3 is 2.63 bits per heavy atom. The Hall–Kier alpha value is -3.13. The molecule has 2 saturated heterocycles. The van der Waals surface area contributed by atoms with Gasteiger partial charge in [-0.3, -0.25) is 10.1 Å². The number of rotatable bonds is 11. The van der Waals surface area contributed by atoms with E-state index in [9.17, 15) is 13.2 Å². The predicted octanol–water partition coefficient (Wildman–Crippen LogP) is 3.31. The van der Waals surface area contributed by atoms with E-state index in [1.54, 1.807) is 12.1 Å². The van der Waals surface area contributed by atoms with Crippen LogP contribution in [-0.2, 0) is 24.2 Å². The molecule has 1 aliphatic carbocycles. The number of oxime groups is 1. The Morgan fingerprint density at radius 2 is 1.93 bits per heavy atom. The zero-order valence-corrected chi connectivity index (χ0v) is 24.6. The molecular weight excluding hydrogens is 564 g/mol. The number of carbonyl (C=O) groups excluding carboxylic acids is 1. The maximum absolute atomic E-state index is 13.4. The van der Waals surface area contributed by atoms with Crippen LogP contribution in [0.15, 0.2) is 46.4 Å². The molecule has 0 radical (unpaired) electrons. The van der Waals surface area contributed by atoms with Crippen molar-refractivity contribution in [1.82, 2.24) is 14.9 Å². The Kier molecular flexibility index (Phi) is 8.20. The topological polar surface area (TPSA) is 126 Å². The molecule has 6 rings (SSSR count). The summed E-state index contributed by atoms with van der Waals surface area (Å²) >= 11 is 1.29. The molecule has 2 aliphatic heterocycles. The van der Waals surface area contributed by atoms with E-state index in [0.717, 1.165) is 36.8 Å². The van der Waals surface area contributed by atoms with Crippen molar-refractivity contribution >= 4 is 54.1 Å². The fraction of sp³-hybridized carbons (Fsp3) is 0.500. The largest absolute Gasteiger partial charge is 0.389 e. The molecule has 13 heteroatoms. The monoisotopic (exact) mass is 598 g/mol. The van der Waals surface area contributed by atoms with E-state index in [4.69, 9.17) is 14.6 Å². The first-order valence-corrected chi connectivity index (χ1v) is 16.4. The van der Waals surface area contributed by atoms with Crippen molar-refractivity contribution in [2.24, 2.45) is 5.16 Å². The number of hydrogen-bond acceptors (Lipinski definition) is 11. The normalized spacial score (nSPS) is 20.0. The Morgan fingerprint density at radius 1 is 1.15 bits per heavy atom. The van der Waals surface area contributed by atoms with E-state index in [2.05, 4.69) is 25.3 Å². The summed E-state index contributed by atoms with van der Waals surface area (Å²) in [6, 6.07) is 10.1. The van der Waals surface area contributed by atoms with Crippen LogP contribution in [0.3, 0.4) is 0 Å². The van der Waals surface area contributed by atoms with Crippen LogP contribution in [-0.4, -0.2) is 92.7 Å². The number of amides is 1. The highest BCUT2D eigenvalue weighted by molar-refractivity contribution is 7.92. The number of anilines is 2. The first-order chi connectivity index (χ1) is 19.9. The number of likely N-dealkylation sites (tertiary alicyclic amines) is 1. The van der Waals surface area contributed by atoms with Gasteiger partial charge in [0.05, 0.1) is 23.4 Å². The molecule has 1 aromatic carbocycles. The summed E-state index contributed by atoms with van der Waals surface area (Å²) in [5.41, 5.74) is 1.16. The highest BCUT2D eigenvalue weighted by Crippen LogP contribution is 2.33. The number of benzene rings is 1. The lowest BCUT2D eigenvalue weighted by molar-refractivity contribution is -0.110. The van der Waals surface area contributed by atoms with E-state index in [1.165, 1.54) is 36.3 Å². The maximum atomic E-state index is 13.4. The molecule has 3 aromatic rings. The Bertz CT molecular complexity index is 1530. The van der Waals surface area contributed by atoms with Gasteiger partial charge < -0.3 is 19.4 Å². The third-order valence-electron chi connectivity index (χ3n) is 7.62. The molecule has 3 fully saturated rings. The quantitative estimate of drug-likeness (QED) is 0.261. The second kappa shape index (κ2) is 12.0. The average Bonchev–Trinajstić information content (AvgIpc) is 3.32. The van der Waals surface area contributed by atoms with Crippen LogP contribution in [0.5, 0.6) is 0 Å². The van der Waals surface area contributed by atoms with E-state index < -0.39 is 15.7 Å². The Labute approximate surface area is 243 Å². The second-order valence-electron chi connectivity index (χ2n) is 10.7. The molecule has 0 unspecified atom stereocenters. The summed E-state index contributed by atoms with van der Waals surface area (Å²) in [6.45, 7) is 5.18. The molecule has 0 spiro atoms. The van der Waals surface area contributed by atoms with Crippen molar-refractivity contribution in [2.45, 2.75) is 48.4 Å². The van der Waals surface area contributed by atoms with Crippen LogP contribution in [0.4, 0.5) is 10.9 Å². The van der Waals surface area contributed by atoms with Gasteiger partial charge in [0, 0.05) is 32.1 Å². The van der Waals surface area contributed by atoms with Crippen LogP contribution >= 0.6 is 11.3 Å². The molecule has 3 aliphatic rings. The van der Waals surface area contributed by atoms with Crippen molar-refractivity contribution < 1.29 is 22.8 Å². The van der Waals surface area contributed by atoms with Crippen LogP contribution in [0.25, 0.3) is 10.3 Å². The Balaban J connectivity index is 1.18. The summed E-state index contributed by atoms with van der Waals surface area (Å²) in [5.74, 6) is 0.345. The number of hydrogen-bond donors (Lipinski definition) is 1. The molecule has 1 amide bonds. The molecule has 1 N–H and O–H groups in total. The van der Waals surface area contributed by atoms with Gasteiger partial charge in [-0.25, -0.2) is 18.4 Å². The van der Waals surface area contributed by atoms with Gasteiger partial charge in [-0.15, -0.1) is 0 Å². The van der Waals surface area contributed by atoms with E-state index in [0.29, 0.717) is 48.7 Å². The lowest BCUT2D eigenvalue weighted by Gasteiger charge is -2.22. The van der Waals surface area contributed by atoms with Gasteiger partial charge in [-0.1, -0.05) is 28.6 Å². The highest BCUT2D eigenvalue weighted by atomic mass is 32.2. The number of aromatic nitrogens is 2. The lowest BCUT2D eigenvalue weighted by Crippen LogP contribution is -2.31. The molecule has 1 atom stereocenters. The third kappa shape index (κ3) is 6.53. The molecule has 218 valence electrons. The van der Waals surface area contributed by atoms with Crippen molar-refractivity contribution in [3.05, 3.63) is 42.0 Å². The van der Waals surface area contributed by atoms with Gasteiger partial charge in [-0.2, -0.15) is 0 Å². The van der Waals surface area contributed by atoms with Crippen LogP contribution in [0.1, 0.15) is 37.7 Å². The minimum atomic E-state index is -3.34. The van der Waals surface area contributed by atoms with Crippen molar-refractivity contribution in [3.63, 3.8) is 0 Å². The molecular formula is C28H34N6O5S2. The summed E-state index contributed by atoms with van der Waals surface area (Å²) < 4.78 is 30.6. The van der Waals surface area contributed by atoms with E-state index in [1.807, 2.05) is 19.2 Å². The molecule has 4 heterocycles. The SMILES string of the molecule is CN(CCN1CCCC1)c1ccc2nc(NC(=O)C(=NO[C@@H]3CCOC3)c3ccc(S(=O)(=O)C4CC4)cc3)sc2n1. The maximum Gasteiger partial charge on any atom is 0.280 e. The van der Waals surface area contributed by atoms with Crippen LogP contribution in [0, 0.1) is 0 Å². The second-order valence-corrected chi connectivity index (χ2v) is 13.9. The minimum absolute atomic E-state index is 0.0295. The number of fused-ring (bicyclic) bond motifs is 1. The summed E-state index contributed by atoms with van der Waals surface area (Å²) in [5, 5.41) is 7.10. The van der Waals surface area contributed by atoms with Crippen molar-refractivity contribution in [2.75, 3.05) is 56.7 Å². The molecule has 1 saturated carbocycles. The molecule has 41 heavy (non-hydrogen) atoms. The summed E-state index contributed by atoms with van der Waals surface area (Å²) in [4.78, 5) is 34.0. The van der Waals surface area contributed by atoms with Gasteiger partial charge in [0.25, 0.3) is 5.91 Å². The number of ether oxygens (including phenoxy) is 1. The molecule has 2 aromatic heterocycles. The standard InChI is InChI=1S/C28H34N6O5S2/c1-33(15-16-34-13-2-3-14-34)24-11-10-23-27(30-24)40-28(29-23)31-26(35)25(32-39-20-12-17-38-18-20)19-4-6-21(7-5-19)41(36,37)22-8-9-22/h4-7,10-11,20,22H,2-3,8-9,12-18H2,1H3,(H,29,31,35)/t20-/m1/s1. The fourth-order valence-electron chi connectivity index (χ4n) is 4.96. The summed E-state index contributed by atoms with van der Waals surface area (Å²) in [6.07, 6.45) is 4.33. The number of pyridine rings is 1. The number of likely N-dealkylation sites (N-methyl/N-ethyl adjacent to an activating group) is 1.